The Bertz CT molecular complexity index is 853. The Morgan fingerprint density at radius 2 is 2.00 bits per heavy atom. The van der Waals surface area contributed by atoms with Gasteiger partial charge in [0.2, 0.25) is 5.69 Å². The Morgan fingerprint density at radius 3 is 2.68 bits per heavy atom. The van der Waals surface area contributed by atoms with Crippen LogP contribution in [-0.2, 0) is 0 Å². The summed E-state index contributed by atoms with van der Waals surface area (Å²) in [4.78, 5) is 18.3. The number of nitrogens with zero attached hydrogens (tertiary/aromatic N) is 2. The summed E-state index contributed by atoms with van der Waals surface area (Å²) in [5.41, 5.74) is 7.96. The zero-order valence-electron chi connectivity index (χ0n) is 9.92. The number of nitrogens with two attached hydrogens (primary N) is 1. The maximum atomic E-state index is 11.9. The van der Waals surface area contributed by atoms with Gasteiger partial charge in [-0.25, -0.2) is 4.85 Å². The number of rotatable bonds is 1. The fourth-order valence-electron chi connectivity index (χ4n) is 2.14. The molecule has 2 aromatic heterocycles. The van der Waals surface area contributed by atoms with E-state index >= 15 is 0 Å². The smallest absolute Gasteiger partial charge is 0.258 e. The number of hydrogen-bond acceptors (Lipinski definition) is 2. The van der Waals surface area contributed by atoms with Gasteiger partial charge in [0.15, 0.2) is 0 Å². The predicted molar refractivity (Wildman–Crippen MR) is 74.1 cm³/mol. The lowest BCUT2D eigenvalue weighted by atomic mass is 10.1. The first-order valence-corrected chi connectivity index (χ1v) is 5.67. The van der Waals surface area contributed by atoms with Gasteiger partial charge in [0.1, 0.15) is 11.5 Å². The van der Waals surface area contributed by atoms with Gasteiger partial charge >= 0.3 is 0 Å². The first kappa shape index (κ1) is 11.1. The van der Waals surface area contributed by atoms with Crippen molar-refractivity contribution in [3.05, 3.63) is 64.4 Å². The summed E-state index contributed by atoms with van der Waals surface area (Å²) in [6, 6.07) is 10.8. The molecule has 5 nitrogen and oxygen atoms in total. The van der Waals surface area contributed by atoms with E-state index in [1.807, 2.05) is 30.3 Å². The van der Waals surface area contributed by atoms with E-state index in [1.54, 1.807) is 0 Å². The molecule has 1 aromatic carbocycles. The molecule has 19 heavy (non-hydrogen) atoms. The van der Waals surface area contributed by atoms with Crippen LogP contribution < -0.4 is 11.3 Å². The van der Waals surface area contributed by atoms with E-state index in [2.05, 4.69) is 9.83 Å². The third-order valence-electron chi connectivity index (χ3n) is 2.95. The maximum absolute atomic E-state index is 11.9. The number of fused-ring (bicyclic) bond motifs is 1. The highest BCUT2D eigenvalue weighted by atomic mass is 16.1. The Kier molecular flexibility index (Phi) is 2.36. The van der Waals surface area contributed by atoms with Gasteiger partial charge in [0, 0.05) is 17.8 Å². The number of nitrogen functional groups attached to an aromatic ring is 1. The minimum absolute atomic E-state index is 0.252. The van der Waals surface area contributed by atoms with Gasteiger partial charge in [-0.2, -0.15) is 0 Å². The quantitative estimate of drug-likeness (QED) is 0.651. The van der Waals surface area contributed by atoms with Crippen molar-refractivity contribution in [3.63, 3.8) is 0 Å². The fraction of sp³-hybridized carbons (Fsp3) is 0. The van der Waals surface area contributed by atoms with Crippen LogP contribution in [0.15, 0.2) is 47.4 Å². The van der Waals surface area contributed by atoms with Crippen LogP contribution in [0.1, 0.15) is 0 Å². The number of benzene rings is 1. The molecule has 0 aliphatic heterocycles. The van der Waals surface area contributed by atoms with E-state index in [4.69, 9.17) is 12.3 Å². The maximum Gasteiger partial charge on any atom is 0.258 e. The molecule has 0 spiro atoms. The Morgan fingerprint density at radius 1 is 1.26 bits per heavy atom. The summed E-state index contributed by atoms with van der Waals surface area (Å²) in [6.45, 7) is 7.25. The highest BCUT2D eigenvalue weighted by molar-refractivity contribution is 5.90. The number of hydrogen-bond donors (Lipinski definition) is 2. The molecular weight excluding hydrogens is 240 g/mol. The van der Waals surface area contributed by atoms with Crippen molar-refractivity contribution in [2.45, 2.75) is 0 Å². The van der Waals surface area contributed by atoms with Crippen molar-refractivity contribution in [1.29, 1.82) is 0 Å². The largest absolute Gasteiger partial charge is 0.385 e. The molecule has 0 saturated carbocycles. The van der Waals surface area contributed by atoms with Crippen LogP contribution in [0.2, 0.25) is 0 Å². The first-order chi connectivity index (χ1) is 9.20. The predicted octanol–water partition coefficient (Wildman–Crippen LogP) is 2.43. The minimum Gasteiger partial charge on any atom is -0.385 e. The van der Waals surface area contributed by atoms with Gasteiger partial charge in [0.25, 0.3) is 5.56 Å². The molecule has 0 atom stereocenters. The molecule has 3 rings (SSSR count). The van der Waals surface area contributed by atoms with Gasteiger partial charge in [0.05, 0.1) is 6.57 Å². The first-order valence-electron chi connectivity index (χ1n) is 5.67. The van der Waals surface area contributed by atoms with Gasteiger partial charge < -0.3 is 10.7 Å². The number of nitrogens with one attached hydrogen (secondary N) is 1. The van der Waals surface area contributed by atoms with E-state index in [-0.39, 0.29) is 11.4 Å². The number of aromatic amines is 1. The molecule has 92 valence electrons. The minimum atomic E-state index is -0.252. The second kappa shape index (κ2) is 4.03. The van der Waals surface area contributed by atoms with Gasteiger partial charge in [-0.1, -0.05) is 30.3 Å². The van der Waals surface area contributed by atoms with Crippen molar-refractivity contribution in [1.82, 2.24) is 9.38 Å². The molecule has 0 amide bonds. The Hall–Kier alpha value is -3.00. The molecule has 0 fully saturated rings. The van der Waals surface area contributed by atoms with Crippen molar-refractivity contribution in [2.24, 2.45) is 0 Å². The SMILES string of the molecule is [C-]#[N+]c1cn2c(=O)cc(N)[nH]c2c1-c1ccccc1. The topological polar surface area (TPSA) is 67.7 Å². The van der Waals surface area contributed by atoms with Gasteiger partial charge in [-0.05, 0) is 5.56 Å². The van der Waals surface area contributed by atoms with E-state index < -0.39 is 0 Å². The van der Waals surface area contributed by atoms with E-state index in [9.17, 15) is 4.79 Å². The lowest BCUT2D eigenvalue weighted by molar-refractivity contribution is 1.08. The molecule has 0 aliphatic rings. The van der Waals surface area contributed by atoms with Crippen LogP contribution in [0.25, 0.3) is 21.6 Å². The summed E-state index contributed by atoms with van der Waals surface area (Å²) < 4.78 is 1.41. The number of anilines is 1. The van der Waals surface area contributed by atoms with E-state index in [0.717, 1.165) is 5.56 Å². The summed E-state index contributed by atoms with van der Waals surface area (Å²) in [7, 11) is 0. The third-order valence-corrected chi connectivity index (χ3v) is 2.95. The molecule has 0 bridgehead atoms. The van der Waals surface area contributed by atoms with Gasteiger partial charge in [-0.3, -0.25) is 9.20 Å². The Balaban J connectivity index is 2.47. The average Bonchev–Trinajstić information content (AvgIpc) is 2.78. The molecule has 0 radical (unpaired) electrons. The van der Waals surface area contributed by atoms with Crippen LogP contribution in [0, 0.1) is 6.57 Å². The average molecular weight is 250 g/mol. The second-order valence-electron chi connectivity index (χ2n) is 4.15. The molecule has 3 aromatic rings. The number of H-pyrrole nitrogens is 1. The monoisotopic (exact) mass is 250 g/mol. The molecule has 5 heteroatoms. The molecule has 0 unspecified atom stereocenters. The molecule has 0 saturated heterocycles. The summed E-state index contributed by atoms with van der Waals surface area (Å²) in [6.07, 6.45) is 1.53. The van der Waals surface area contributed by atoms with Crippen LogP contribution in [0.4, 0.5) is 11.5 Å². The fourth-order valence-corrected chi connectivity index (χ4v) is 2.14. The normalized spacial score (nSPS) is 10.5. The van der Waals surface area contributed by atoms with E-state index in [0.29, 0.717) is 16.9 Å². The van der Waals surface area contributed by atoms with Crippen molar-refractivity contribution >= 4 is 17.2 Å². The van der Waals surface area contributed by atoms with Crippen molar-refractivity contribution in [3.8, 4) is 11.1 Å². The highest BCUT2D eigenvalue weighted by Crippen LogP contribution is 2.34. The van der Waals surface area contributed by atoms with Crippen LogP contribution >= 0.6 is 0 Å². The van der Waals surface area contributed by atoms with Crippen molar-refractivity contribution in [2.75, 3.05) is 5.73 Å². The molecule has 0 aliphatic carbocycles. The number of aromatic nitrogens is 2. The summed E-state index contributed by atoms with van der Waals surface area (Å²) in [5.74, 6) is 0.282. The molecular formula is C14H10N4O. The Labute approximate surface area is 108 Å². The van der Waals surface area contributed by atoms with Crippen molar-refractivity contribution < 1.29 is 0 Å². The standard InChI is InChI=1S/C14H10N4O/c1-16-10-8-18-12(19)7-11(15)17-14(18)13(10)9-5-3-2-4-6-9/h2-8,17H,15H2. The molecule has 2 heterocycles. The zero-order chi connectivity index (χ0) is 13.4. The second-order valence-corrected chi connectivity index (χ2v) is 4.15. The zero-order valence-corrected chi connectivity index (χ0v) is 9.92. The van der Waals surface area contributed by atoms with Crippen LogP contribution in [-0.4, -0.2) is 9.38 Å². The molecule has 3 N–H and O–H groups in total. The lowest BCUT2D eigenvalue weighted by Gasteiger charge is -2.03. The lowest BCUT2D eigenvalue weighted by Crippen LogP contribution is -2.12. The summed E-state index contributed by atoms with van der Waals surface area (Å²) in [5, 5.41) is 0. The van der Waals surface area contributed by atoms with Crippen LogP contribution in [0.3, 0.4) is 0 Å². The van der Waals surface area contributed by atoms with E-state index in [1.165, 1.54) is 16.7 Å². The van der Waals surface area contributed by atoms with Gasteiger partial charge in [-0.15, -0.1) is 0 Å². The third kappa shape index (κ3) is 1.67. The van der Waals surface area contributed by atoms with Crippen LogP contribution in [0.5, 0.6) is 0 Å². The summed E-state index contributed by atoms with van der Waals surface area (Å²) >= 11 is 0. The highest BCUT2D eigenvalue weighted by Gasteiger charge is 2.14.